The van der Waals surface area contributed by atoms with Crippen molar-refractivity contribution in [1.82, 2.24) is 9.97 Å². The summed E-state index contributed by atoms with van der Waals surface area (Å²) in [5.74, 6) is 0.810. The van der Waals surface area contributed by atoms with E-state index in [2.05, 4.69) is 23.8 Å². The molecule has 1 rings (SSSR count). The molecule has 2 N–H and O–H groups in total. The molecular weight excluding hydrogens is 154 g/mol. The molecule has 0 aliphatic heterocycles. The summed E-state index contributed by atoms with van der Waals surface area (Å²) in [6.07, 6.45) is 4.21. The van der Waals surface area contributed by atoms with Crippen LogP contribution in [0.2, 0.25) is 0 Å². The van der Waals surface area contributed by atoms with Crippen molar-refractivity contribution in [2.24, 2.45) is 0 Å². The zero-order valence-corrected chi connectivity index (χ0v) is 7.74. The molecule has 0 spiro atoms. The molecule has 0 aliphatic carbocycles. The lowest BCUT2D eigenvalue weighted by Crippen LogP contribution is -1.93. The van der Waals surface area contributed by atoms with Crippen LogP contribution in [-0.2, 0) is 0 Å². The van der Waals surface area contributed by atoms with Gasteiger partial charge in [0.15, 0.2) is 0 Å². The Morgan fingerprint density at radius 2 is 2.00 bits per heavy atom. The molecule has 1 aromatic rings. The summed E-state index contributed by atoms with van der Waals surface area (Å²) in [6, 6.07) is 0. The van der Waals surface area contributed by atoms with E-state index in [0.29, 0.717) is 11.7 Å². The van der Waals surface area contributed by atoms with E-state index < -0.39 is 0 Å². The van der Waals surface area contributed by atoms with Gasteiger partial charge in [-0.3, -0.25) is 4.98 Å². The predicted octanol–water partition coefficient (Wildman–Crippen LogP) is 1.48. The highest BCUT2D eigenvalue weighted by Crippen LogP contribution is 2.03. The Bertz CT molecular complexity index is 215. The Hall–Kier alpha value is -1.32. The average molecular weight is 169 g/mol. The number of anilines is 1. The number of methoxy groups -OCH3 is 1. The zero-order chi connectivity index (χ0) is 9.40. The summed E-state index contributed by atoms with van der Waals surface area (Å²) >= 11 is 0. The highest BCUT2D eigenvalue weighted by atomic mass is 16.5. The second-order valence-electron chi connectivity index (χ2n) is 2.19. The van der Waals surface area contributed by atoms with Gasteiger partial charge in [-0.15, -0.1) is 0 Å². The van der Waals surface area contributed by atoms with Gasteiger partial charge in [0.25, 0.3) is 0 Å². The fourth-order valence-corrected chi connectivity index (χ4v) is 0.461. The molecule has 0 radical (unpaired) electrons. The molecule has 0 aliphatic rings. The van der Waals surface area contributed by atoms with Crippen LogP contribution in [0.1, 0.15) is 20.3 Å². The molecule has 0 saturated heterocycles. The molecule has 0 fully saturated rings. The van der Waals surface area contributed by atoms with Crippen LogP contribution in [0.25, 0.3) is 0 Å². The molecule has 0 atom stereocenters. The predicted molar refractivity (Wildman–Crippen MR) is 49.0 cm³/mol. The van der Waals surface area contributed by atoms with Gasteiger partial charge in [0, 0.05) is 0 Å². The van der Waals surface area contributed by atoms with E-state index in [0.717, 1.165) is 0 Å². The van der Waals surface area contributed by atoms with Crippen molar-refractivity contribution in [3.05, 3.63) is 12.4 Å². The molecule has 0 bridgehead atoms. The Morgan fingerprint density at radius 3 is 2.33 bits per heavy atom. The van der Waals surface area contributed by atoms with Gasteiger partial charge in [0.1, 0.15) is 5.82 Å². The average Bonchev–Trinajstić information content (AvgIpc) is 2.06. The van der Waals surface area contributed by atoms with Gasteiger partial charge in [-0.25, -0.2) is 0 Å². The van der Waals surface area contributed by atoms with E-state index in [9.17, 15) is 0 Å². The van der Waals surface area contributed by atoms with Crippen LogP contribution in [0.15, 0.2) is 12.4 Å². The zero-order valence-electron chi connectivity index (χ0n) is 7.74. The number of nitrogen functional groups attached to an aromatic ring is 1. The number of ether oxygens (including phenoxy) is 1. The van der Waals surface area contributed by atoms with E-state index in [1.54, 1.807) is 0 Å². The molecule has 4 heteroatoms. The highest BCUT2D eigenvalue weighted by Gasteiger charge is 1.90. The summed E-state index contributed by atoms with van der Waals surface area (Å²) < 4.78 is 4.74. The van der Waals surface area contributed by atoms with Crippen molar-refractivity contribution >= 4 is 5.82 Å². The van der Waals surface area contributed by atoms with E-state index in [1.807, 2.05) is 0 Å². The first-order valence-corrected chi connectivity index (χ1v) is 3.86. The Kier molecular flexibility index (Phi) is 5.69. The van der Waals surface area contributed by atoms with Crippen LogP contribution in [0.5, 0.6) is 5.88 Å². The second kappa shape index (κ2) is 6.39. The largest absolute Gasteiger partial charge is 0.480 e. The summed E-state index contributed by atoms with van der Waals surface area (Å²) in [5, 5.41) is 0. The van der Waals surface area contributed by atoms with Crippen LogP contribution in [0, 0.1) is 0 Å². The van der Waals surface area contributed by atoms with Crippen LogP contribution in [-0.4, -0.2) is 17.1 Å². The first-order valence-electron chi connectivity index (χ1n) is 3.86. The Balaban J connectivity index is 0.000000354. The van der Waals surface area contributed by atoms with Gasteiger partial charge >= 0.3 is 0 Å². The number of nitrogens with two attached hydrogens (primary N) is 1. The van der Waals surface area contributed by atoms with Crippen LogP contribution >= 0.6 is 0 Å². The smallest absolute Gasteiger partial charge is 0.233 e. The minimum absolute atomic E-state index is 0.370. The minimum atomic E-state index is 0.370. The third-order valence-electron chi connectivity index (χ3n) is 0.840. The third-order valence-corrected chi connectivity index (χ3v) is 0.840. The van der Waals surface area contributed by atoms with Crippen molar-refractivity contribution in [2.45, 2.75) is 20.3 Å². The molecule has 0 amide bonds. The number of nitrogens with zero attached hydrogens (tertiary/aromatic N) is 2. The maximum atomic E-state index is 5.28. The first kappa shape index (κ1) is 10.7. The molecule has 0 saturated carbocycles. The van der Waals surface area contributed by atoms with Crippen molar-refractivity contribution in [1.29, 1.82) is 0 Å². The van der Waals surface area contributed by atoms with Gasteiger partial charge < -0.3 is 10.5 Å². The van der Waals surface area contributed by atoms with Gasteiger partial charge in [0.05, 0.1) is 19.5 Å². The summed E-state index contributed by atoms with van der Waals surface area (Å²) in [4.78, 5) is 7.53. The van der Waals surface area contributed by atoms with Crippen molar-refractivity contribution < 1.29 is 4.74 Å². The van der Waals surface area contributed by atoms with Crippen molar-refractivity contribution in [3.63, 3.8) is 0 Å². The standard InChI is InChI=1S/C5H7N3O.C3H8/c1-9-5-3-7-2-4(6)8-5;1-3-2/h2-3H,1H3,(H2,6,8);3H2,1-2H3. The molecule has 4 nitrogen and oxygen atoms in total. The molecule has 1 heterocycles. The second-order valence-corrected chi connectivity index (χ2v) is 2.19. The fraction of sp³-hybridized carbons (Fsp3) is 0.500. The van der Waals surface area contributed by atoms with Crippen LogP contribution < -0.4 is 10.5 Å². The Labute approximate surface area is 72.8 Å². The molecule has 0 aromatic carbocycles. The highest BCUT2D eigenvalue weighted by molar-refractivity contribution is 5.25. The summed E-state index contributed by atoms with van der Waals surface area (Å²) in [6.45, 7) is 4.25. The third kappa shape index (κ3) is 4.49. The van der Waals surface area contributed by atoms with Crippen LogP contribution in [0.3, 0.4) is 0 Å². The quantitative estimate of drug-likeness (QED) is 0.691. The Morgan fingerprint density at radius 1 is 1.42 bits per heavy atom. The number of aromatic nitrogens is 2. The lowest BCUT2D eigenvalue weighted by molar-refractivity contribution is 0.396. The van der Waals surface area contributed by atoms with Gasteiger partial charge in [-0.05, 0) is 0 Å². The molecular formula is C8H15N3O. The summed E-state index contributed by atoms with van der Waals surface area (Å²) in [5.41, 5.74) is 5.28. The van der Waals surface area contributed by atoms with Gasteiger partial charge in [0.2, 0.25) is 5.88 Å². The SMILES string of the molecule is CCC.COc1cncc(N)n1. The topological polar surface area (TPSA) is 61.0 Å². The lowest BCUT2D eigenvalue weighted by Gasteiger charge is -1.95. The van der Waals surface area contributed by atoms with Gasteiger partial charge in [-0.2, -0.15) is 4.98 Å². The maximum Gasteiger partial charge on any atom is 0.233 e. The van der Waals surface area contributed by atoms with Crippen LogP contribution in [0.4, 0.5) is 5.82 Å². The van der Waals surface area contributed by atoms with E-state index in [4.69, 9.17) is 10.5 Å². The van der Waals surface area contributed by atoms with E-state index in [-0.39, 0.29) is 0 Å². The molecule has 1 aromatic heterocycles. The first-order chi connectivity index (χ1) is 5.74. The molecule has 0 unspecified atom stereocenters. The normalized spacial score (nSPS) is 8.25. The molecule has 12 heavy (non-hydrogen) atoms. The lowest BCUT2D eigenvalue weighted by atomic mass is 10.6. The van der Waals surface area contributed by atoms with E-state index >= 15 is 0 Å². The minimum Gasteiger partial charge on any atom is -0.480 e. The monoisotopic (exact) mass is 169 g/mol. The van der Waals surface area contributed by atoms with Gasteiger partial charge in [-0.1, -0.05) is 20.3 Å². The van der Waals surface area contributed by atoms with Crippen molar-refractivity contribution in [3.8, 4) is 5.88 Å². The summed E-state index contributed by atoms with van der Waals surface area (Å²) in [7, 11) is 1.52. The number of hydrogen-bond acceptors (Lipinski definition) is 4. The van der Waals surface area contributed by atoms with E-state index in [1.165, 1.54) is 25.9 Å². The maximum absolute atomic E-state index is 5.28. The molecule has 68 valence electrons. The fourth-order valence-electron chi connectivity index (χ4n) is 0.461. The van der Waals surface area contributed by atoms with Crippen molar-refractivity contribution in [2.75, 3.05) is 12.8 Å². The number of rotatable bonds is 1. The number of hydrogen-bond donors (Lipinski definition) is 1.